The van der Waals surface area contributed by atoms with Crippen molar-refractivity contribution >= 4 is 17.5 Å². The number of aromatic nitrogens is 3. The molecular formula is C20H17N5O3. The quantitative estimate of drug-likeness (QED) is 0.636. The van der Waals surface area contributed by atoms with Crippen LogP contribution in [0.25, 0.3) is 5.82 Å². The average molecular weight is 375 g/mol. The molecule has 0 saturated carbocycles. The third-order valence-corrected chi connectivity index (χ3v) is 4.00. The lowest BCUT2D eigenvalue weighted by molar-refractivity contribution is -0.116. The van der Waals surface area contributed by atoms with Crippen molar-refractivity contribution in [1.82, 2.24) is 14.8 Å². The molecule has 0 aliphatic heterocycles. The largest absolute Gasteiger partial charge is 0.496 e. The van der Waals surface area contributed by atoms with Crippen LogP contribution in [0.3, 0.4) is 0 Å². The van der Waals surface area contributed by atoms with Crippen LogP contribution in [0.15, 0.2) is 54.9 Å². The van der Waals surface area contributed by atoms with Gasteiger partial charge in [-0.15, -0.1) is 0 Å². The molecule has 2 heterocycles. The number of benzene rings is 1. The topological polar surface area (TPSA) is 110 Å². The number of hydrogen-bond donors (Lipinski definition) is 1. The van der Waals surface area contributed by atoms with Gasteiger partial charge < -0.3 is 10.1 Å². The van der Waals surface area contributed by atoms with Gasteiger partial charge in [-0.3, -0.25) is 9.59 Å². The van der Waals surface area contributed by atoms with Crippen molar-refractivity contribution in [3.63, 3.8) is 0 Å². The zero-order chi connectivity index (χ0) is 19.9. The van der Waals surface area contributed by atoms with Gasteiger partial charge in [0, 0.05) is 19.0 Å². The van der Waals surface area contributed by atoms with Crippen LogP contribution in [0.5, 0.6) is 5.75 Å². The number of nitrogens with zero attached hydrogens (tertiary/aromatic N) is 4. The standard InChI is InChI=1S/C20H17N5O3/c1-28-17-7-3-2-6-15(17)16(26)9-10-19(27)24-20-14(12-21)13-23-25(20)18-8-4-5-11-22-18/h2-8,11,13H,9-10H2,1H3,(H,24,27). The van der Waals surface area contributed by atoms with Gasteiger partial charge in [0.05, 0.1) is 18.9 Å². The van der Waals surface area contributed by atoms with E-state index in [0.29, 0.717) is 17.1 Å². The van der Waals surface area contributed by atoms with Crippen molar-refractivity contribution in [2.24, 2.45) is 0 Å². The monoisotopic (exact) mass is 375 g/mol. The van der Waals surface area contributed by atoms with Gasteiger partial charge in [0.2, 0.25) is 5.91 Å². The molecule has 0 radical (unpaired) electrons. The smallest absolute Gasteiger partial charge is 0.226 e. The van der Waals surface area contributed by atoms with Crippen LogP contribution in [0, 0.1) is 11.3 Å². The summed E-state index contributed by atoms with van der Waals surface area (Å²) in [5.74, 6) is 0.539. The number of pyridine rings is 1. The summed E-state index contributed by atoms with van der Waals surface area (Å²) < 4.78 is 6.55. The number of ether oxygens (including phenoxy) is 1. The molecule has 2 aromatic heterocycles. The summed E-state index contributed by atoms with van der Waals surface area (Å²) in [5.41, 5.74) is 0.629. The van der Waals surface area contributed by atoms with Crippen LogP contribution in [0.4, 0.5) is 5.82 Å². The Hall–Kier alpha value is -3.99. The molecule has 0 bridgehead atoms. The Morgan fingerprint density at radius 1 is 1.18 bits per heavy atom. The van der Waals surface area contributed by atoms with Gasteiger partial charge in [0.1, 0.15) is 17.4 Å². The molecule has 140 valence electrons. The normalized spacial score (nSPS) is 10.1. The van der Waals surface area contributed by atoms with Gasteiger partial charge >= 0.3 is 0 Å². The molecule has 0 aliphatic carbocycles. The van der Waals surface area contributed by atoms with Crippen molar-refractivity contribution in [3.05, 3.63) is 66.0 Å². The number of nitrogens with one attached hydrogen (secondary N) is 1. The number of nitriles is 1. The second-order valence-electron chi connectivity index (χ2n) is 5.79. The van der Waals surface area contributed by atoms with Gasteiger partial charge in [0.25, 0.3) is 0 Å². The van der Waals surface area contributed by atoms with Gasteiger partial charge in [0.15, 0.2) is 17.4 Å². The number of para-hydroxylation sites is 1. The lowest BCUT2D eigenvalue weighted by Gasteiger charge is -2.09. The SMILES string of the molecule is COc1ccccc1C(=O)CCC(=O)Nc1c(C#N)cnn1-c1ccccn1. The van der Waals surface area contributed by atoms with E-state index in [1.54, 1.807) is 48.7 Å². The zero-order valence-electron chi connectivity index (χ0n) is 15.1. The lowest BCUT2D eigenvalue weighted by atomic mass is 10.1. The van der Waals surface area contributed by atoms with Crippen LogP contribution in [-0.2, 0) is 4.79 Å². The molecule has 0 unspecified atom stereocenters. The Bertz CT molecular complexity index is 1040. The van der Waals surface area contributed by atoms with Gasteiger partial charge in [-0.05, 0) is 24.3 Å². The lowest BCUT2D eigenvalue weighted by Crippen LogP contribution is -2.17. The molecule has 1 amide bonds. The molecule has 0 atom stereocenters. The van der Waals surface area contributed by atoms with Crippen molar-refractivity contribution in [2.45, 2.75) is 12.8 Å². The van der Waals surface area contributed by atoms with E-state index in [4.69, 9.17) is 4.74 Å². The van der Waals surface area contributed by atoms with Crippen molar-refractivity contribution in [3.8, 4) is 17.6 Å². The van der Waals surface area contributed by atoms with E-state index in [9.17, 15) is 14.9 Å². The maximum Gasteiger partial charge on any atom is 0.226 e. The number of carbonyl (C=O) groups excluding carboxylic acids is 2. The first-order valence-corrected chi connectivity index (χ1v) is 8.49. The van der Waals surface area contributed by atoms with Crippen LogP contribution >= 0.6 is 0 Å². The third-order valence-electron chi connectivity index (χ3n) is 4.00. The number of methoxy groups -OCH3 is 1. The highest BCUT2D eigenvalue weighted by molar-refractivity contribution is 6.01. The molecule has 3 rings (SSSR count). The third kappa shape index (κ3) is 4.04. The van der Waals surface area contributed by atoms with Crippen LogP contribution in [0.2, 0.25) is 0 Å². The number of anilines is 1. The predicted molar refractivity (Wildman–Crippen MR) is 101 cm³/mol. The van der Waals surface area contributed by atoms with Gasteiger partial charge in [-0.2, -0.15) is 15.0 Å². The number of Topliss-reactive ketones (excluding diaryl/α,β-unsaturated/α-hetero) is 1. The summed E-state index contributed by atoms with van der Waals surface area (Å²) in [4.78, 5) is 29.0. The van der Waals surface area contributed by atoms with Gasteiger partial charge in [-0.1, -0.05) is 18.2 Å². The molecule has 28 heavy (non-hydrogen) atoms. The summed E-state index contributed by atoms with van der Waals surface area (Å²) in [5, 5.41) is 16.0. The Balaban J connectivity index is 1.71. The summed E-state index contributed by atoms with van der Waals surface area (Å²) in [6, 6.07) is 14.1. The minimum absolute atomic E-state index is 0.00577. The average Bonchev–Trinajstić information content (AvgIpc) is 3.15. The Kier molecular flexibility index (Phi) is 5.77. The number of hydrogen-bond acceptors (Lipinski definition) is 6. The summed E-state index contributed by atoms with van der Waals surface area (Å²) in [7, 11) is 1.49. The van der Waals surface area contributed by atoms with Crippen LogP contribution in [-0.4, -0.2) is 33.6 Å². The first kappa shape index (κ1) is 18.8. The fraction of sp³-hybridized carbons (Fsp3) is 0.150. The van der Waals surface area contributed by atoms with E-state index in [0.717, 1.165) is 0 Å². The number of rotatable bonds is 7. The molecule has 1 aromatic carbocycles. The first-order chi connectivity index (χ1) is 13.6. The van der Waals surface area contributed by atoms with E-state index in [2.05, 4.69) is 15.4 Å². The van der Waals surface area contributed by atoms with Crippen molar-refractivity contribution in [1.29, 1.82) is 5.26 Å². The highest BCUT2D eigenvalue weighted by Gasteiger charge is 2.18. The maximum absolute atomic E-state index is 12.4. The summed E-state index contributed by atoms with van der Waals surface area (Å²) >= 11 is 0. The highest BCUT2D eigenvalue weighted by atomic mass is 16.5. The number of carbonyl (C=O) groups is 2. The summed E-state index contributed by atoms with van der Waals surface area (Å²) in [6.07, 6.45) is 2.89. The van der Waals surface area contributed by atoms with Crippen molar-refractivity contribution in [2.75, 3.05) is 12.4 Å². The summed E-state index contributed by atoms with van der Waals surface area (Å²) in [6.45, 7) is 0. The second kappa shape index (κ2) is 8.60. The fourth-order valence-corrected chi connectivity index (χ4v) is 2.63. The predicted octanol–water partition coefficient (Wildman–Crippen LogP) is 2.75. The van der Waals surface area contributed by atoms with E-state index < -0.39 is 5.91 Å². The van der Waals surface area contributed by atoms with Crippen molar-refractivity contribution < 1.29 is 14.3 Å². The number of ketones is 1. The molecule has 0 saturated heterocycles. The van der Waals surface area contributed by atoms with E-state index >= 15 is 0 Å². The van der Waals surface area contributed by atoms with Gasteiger partial charge in [-0.25, -0.2) is 4.98 Å². The minimum atomic E-state index is -0.405. The molecule has 8 heteroatoms. The molecule has 0 spiro atoms. The van der Waals surface area contributed by atoms with Crippen LogP contribution < -0.4 is 10.1 Å². The molecule has 0 aliphatic rings. The Morgan fingerprint density at radius 3 is 2.68 bits per heavy atom. The fourth-order valence-electron chi connectivity index (χ4n) is 2.63. The molecule has 8 nitrogen and oxygen atoms in total. The second-order valence-corrected chi connectivity index (χ2v) is 5.79. The minimum Gasteiger partial charge on any atom is -0.496 e. The first-order valence-electron chi connectivity index (χ1n) is 8.49. The molecular weight excluding hydrogens is 358 g/mol. The Morgan fingerprint density at radius 2 is 1.96 bits per heavy atom. The maximum atomic E-state index is 12.4. The molecule has 1 N–H and O–H groups in total. The van der Waals surface area contributed by atoms with E-state index in [1.165, 1.54) is 18.0 Å². The molecule has 3 aromatic rings. The van der Waals surface area contributed by atoms with Crippen LogP contribution in [0.1, 0.15) is 28.8 Å². The molecule has 0 fully saturated rings. The zero-order valence-corrected chi connectivity index (χ0v) is 15.1. The highest BCUT2D eigenvalue weighted by Crippen LogP contribution is 2.21. The number of amides is 1. The van der Waals surface area contributed by atoms with E-state index in [-0.39, 0.29) is 30.0 Å². The van der Waals surface area contributed by atoms with E-state index in [1.807, 2.05) is 6.07 Å². The Labute approximate surface area is 161 Å².